The molecule has 0 spiro atoms. The highest BCUT2D eigenvalue weighted by Gasteiger charge is 2.23. The second kappa shape index (κ2) is 9.30. The third-order valence-electron chi connectivity index (χ3n) is 7.83. The number of benzene rings is 4. The van der Waals surface area contributed by atoms with Gasteiger partial charge in [-0.3, -0.25) is 3.97 Å². The van der Waals surface area contributed by atoms with E-state index in [-0.39, 0.29) is 0 Å². The molecule has 43 heavy (non-hydrogen) atoms. The van der Waals surface area contributed by atoms with E-state index < -0.39 is 0 Å². The van der Waals surface area contributed by atoms with Crippen LogP contribution >= 0.6 is 11.9 Å². The van der Waals surface area contributed by atoms with Gasteiger partial charge in [0.1, 0.15) is 11.3 Å². The molecule has 0 saturated carbocycles. The Balaban J connectivity index is 1.54. The predicted octanol–water partition coefficient (Wildman–Crippen LogP) is 7.86. The Bertz CT molecular complexity index is 2280. The molecule has 0 radical (unpaired) electrons. The highest BCUT2D eigenvalue weighted by Crippen LogP contribution is 2.38. The van der Waals surface area contributed by atoms with Crippen LogP contribution < -0.4 is 0 Å². The third kappa shape index (κ3) is 3.65. The first-order valence-corrected chi connectivity index (χ1v) is 15.1. The molecule has 7 aromatic rings. The van der Waals surface area contributed by atoms with Crippen LogP contribution in [0.25, 0.3) is 89.7 Å². The highest BCUT2D eigenvalue weighted by atomic mass is 32.2. The number of nitrogens with zero attached hydrogens (tertiary/aromatic N) is 7. The number of hydrogen-bond donors (Lipinski definition) is 1. The van der Waals surface area contributed by atoms with Gasteiger partial charge in [0.25, 0.3) is 0 Å². The van der Waals surface area contributed by atoms with Crippen molar-refractivity contribution in [1.82, 2.24) is 38.9 Å². The van der Waals surface area contributed by atoms with Crippen molar-refractivity contribution in [3.63, 3.8) is 0 Å². The van der Waals surface area contributed by atoms with Gasteiger partial charge >= 0.3 is 0 Å². The van der Waals surface area contributed by atoms with E-state index in [1.165, 1.54) is 0 Å². The van der Waals surface area contributed by atoms with Crippen LogP contribution in [-0.4, -0.2) is 44.6 Å². The van der Waals surface area contributed by atoms with Gasteiger partial charge in [-0.2, -0.15) is 0 Å². The summed E-state index contributed by atoms with van der Waals surface area (Å²) in [7, 11) is 0. The molecule has 0 fully saturated rings. The zero-order valence-corrected chi connectivity index (χ0v) is 23.8. The first-order valence-electron chi connectivity index (χ1n) is 14.1. The van der Waals surface area contributed by atoms with Gasteiger partial charge in [-0.05, 0) is 11.9 Å². The minimum absolute atomic E-state index is 0.606. The molecule has 2 aliphatic rings. The van der Waals surface area contributed by atoms with Crippen molar-refractivity contribution in [2.24, 2.45) is 0 Å². The molecule has 0 atom stereocenters. The Labute approximate surface area is 249 Å². The van der Waals surface area contributed by atoms with Crippen molar-refractivity contribution in [2.45, 2.75) is 6.92 Å². The molecule has 9 rings (SSSR count). The molecule has 0 amide bonds. The van der Waals surface area contributed by atoms with Crippen LogP contribution in [0.1, 0.15) is 6.92 Å². The quantitative estimate of drug-likeness (QED) is 0.224. The topological polar surface area (TPSA) is 98.1 Å². The lowest BCUT2D eigenvalue weighted by Crippen LogP contribution is -1.93. The van der Waals surface area contributed by atoms with Gasteiger partial charge in [-0.1, -0.05) is 104 Å². The van der Waals surface area contributed by atoms with Crippen molar-refractivity contribution < 1.29 is 0 Å². The molecular formula is C34H22N8S. The van der Waals surface area contributed by atoms with E-state index in [9.17, 15) is 0 Å². The monoisotopic (exact) mass is 574 g/mol. The summed E-state index contributed by atoms with van der Waals surface area (Å²) >= 11 is 1.66. The van der Waals surface area contributed by atoms with Gasteiger partial charge in [0.05, 0.1) is 0 Å². The number of nitrogens with one attached hydrogen (secondary N) is 1. The maximum absolute atomic E-state index is 5.23. The highest BCUT2D eigenvalue weighted by molar-refractivity contribution is 7.98. The zero-order chi connectivity index (χ0) is 28.5. The molecule has 0 unspecified atom stereocenters. The second-order valence-electron chi connectivity index (χ2n) is 10.3. The summed E-state index contributed by atoms with van der Waals surface area (Å²) in [4.78, 5) is 34.1. The average molecular weight is 575 g/mol. The summed E-state index contributed by atoms with van der Waals surface area (Å²) in [6, 6.07) is 32.6. The summed E-state index contributed by atoms with van der Waals surface area (Å²) in [5.74, 6) is 3.28. The number of hydrogen-bond acceptors (Lipinski definition) is 7. The maximum Gasteiger partial charge on any atom is 0.164 e. The molecule has 0 saturated heterocycles. The average Bonchev–Trinajstić information content (AvgIpc) is 3.76. The van der Waals surface area contributed by atoms with Crippen molar-refractivity contribution in [3.05, 3.63) is 97.1 Å². The van der Waals surface area contributed by atoms with Crippen molar-refractivity contribution in [1.29, 1.82) is 0 Å². The summed E-state index contributed by atoms with van der Waals surface area (Å²) in [6.07, 6.45) is 0. The third-order valence-corrected chi connectivity index (χ3v) is 8.69. The van der Waals surface area contributed by atoms with E-state index in [0.29, 0.717) is 34.6 Å². The van der Waals surface area contributed by atoms with Crippen LogP contribution in [0.4, 0.5) is 0 Å². The molecule has 1 N–H and O–H groups in total. The molecule has 204 valence electrons. The smallest absolute Gasteiger partial charge is 0.164 e. The first-order chi connectivity index (χ1) is 21.3. The zero-order valence-electron chi connectivity index (χ0n) is 23.0. The van der Waals surface area contributed by atoms with Crippen LogP contribution in [0.5, 0.6) is 0 Å². The molecule has 9 heteroatoms. The van der Waals surface area contributed by atoms with Gasteiger partial charge in [0.15, 0.2) is 34.6 Å². The van der Waals surface area contributed by atoms with Crippen LogP contribution in [0.2, 0.25) is 0 Å². The van der Waals surface area contributed by atoms with Crippen LogP contribution in [0, 0.1) is 0 Å². The molecule has 5 heterocycles. The molecule has 4 aromatic carbocycles. The van der Waals surface area contributed by atoms with Gasteiger partial charge in [0, 0.05) is 49.6 Å². The number of rotatable bonds is 2. The lowest BCUT2D eigenvalue weighted by atomic mass is 10.1. The van der Waals surface area contributed by atoms with Crippen molar-refractivity contribution in [3.8, 4) is 45.6 Å². The minimum atomic E-state index is 0.606. The standard InChI is InChI=1S/C34H22N8S/c1-2-43-42-33-25-17-9-10-18-26(25)34(42)41-32-24-16-8-6-14-22(24)30(39-32)37-28-20-12-4-3-11-19(20)27(35-28)36-29-21-13-5-7-15-23(21)31(38-29)40-33/h3-18H,2H2,1H3,(H,35,36,37,38,39,40,41). The van der Waals surface area contributed by atoms with Gasteiger partial charge in [0.2, 0.25) is 0 Å². The fourth-order valence-corrected chi connectivity index (χ4v) is 6.70. The fourth-order valence-electron chi connectivity index (χ4n) is 5.92. The Hall–Kier alpha value is -5.41. The lowest BCUT2D eigenvalue weighted by molar-refractivity contribution is 1.17. The van der Waals surface area contributed by atoms with E-state index in [2.05, 4.69) is 40.1 Å². The van der Waals surface area contributed by atoms with Gasteiger partial charge in [-0.15, -0.1) is 0 Å². The van der Waals surface area contributed by atoms with Gasteiger partial charge in [-0.25, -0.2) is 29.9 Å². The van der Waals surface area contributed by atoms with Crippen LogP contribution in [-0.2, 0) is 0 Å². The summed E-state index contributed by atoms with van der Waals surface area (Å²) in [5, 5.41) is 3.91. The Morgan fingerprint density at radius 1 is 0.488 bits per heavy atom. The predicted molar refractivity (Wildman–Crippen MR) is 173 cm³/mol. The van der Waals surface area contributed by atoms with Crippen molar-refractivity contribution in [2.75, 3.05) is 5.75 Å². The molecule has 0 aliphatic carbocycles. The lowest BCUT2D eigenvalue weighted by Gasteiger charge is -2.02. The molecule has 2 aliphatic heterocycles. The number of aromatic nitrogens is 8. The molecule has 8 bridgehead atoms. The SMILES string of the molecule is CCSn1c2nc3nc(nc4[nH]c(nc5nc(nc1c1ccccc12)-c1ccccc1-5)c1ccccc41)-c1ccccc1-3. The maximum atomic E-state index is 5.23. The largest absolute Gasteiger partial charge is 0.324 e. The van der Waals surface area contributed by atoms with E-state index in [4.69, 9.17) is 29.9 Å². The summed E-state index contributed by atoms with van der Waals surface area (Å²) < 4.78 is 2.11. The Morgan fingerprint density at radius 2 is 0.860 bits per heavy atom. The van der Waals surface area contributed by atoms with Crippen LogP contribution in [0.3, 0.4) is 0 Å². The summed E-state index contributed by atoms with van der Waals surface area (Å²) in [5.41, 5.74) is 6.71. The second-order valence-corrected chi connectivity index (χ2v) is 11.5. The van der Waals surface area contributed by atoms with Crippen LogP contribution in [0.15, 0.2) is 97.1 Å². The van der Waals surface area contributed by atoms with Gasteiger partial charge < -0.3 is 4.98 Å². The minimum Gasteiger partial charge on any atom is -0.324 e. The van der Waals surface area contributed by atoms with E-state index in [0.717, 1.165) is 60.8 Å². The van der Waals surface area contributed by atoms with E-state index >= 15 is 0 Å². The summed E-state index contributed by atoms with van der Waals surface area (Å²) in [6.45, 7) is 2.13. The van der Waals surface area contributed by atoms with Crippen molar-refractivity contribution >= 4 is 56.1 Å². The molecule has 8 nitrogen and oxygen atoms in total. The number of aromatic amines is 1. The fraction of sp³-hybridized carbons (Fsp3) is 0.0588. The number of fused-ring (bicyclic) bond motifs is 20. The first kappa shape index (κ1) is 24.2. The Kier molecular flexibility index (Phi) is 5.24. The van der Waals surface area contributed by atoms with E-state index in [1.807, 2.05) is 72.8 Å². The number of H-pyrrole nitrogens is 1. The Morgan fingerprint density at radius 3 is 1.28 bits per heavy atom. The molecular weight excluding hydrogens is 552 g/mol. The van der Waals surface area contributed by atoms with E-state index in [1.54, 1.807) is 11.9 Å². The normalized spacial score (nSPS) is 12.0. The molecule has 3 aromatic heterocycles.